The van der Waals surface area contributed by atoms with Gasteiger partial charge < -0.3 is 0 Å². The van der Waals surface area contributed by atoms with Crippen LogP contribution in [-0.4, -0.2) is 27.0 Å². The Bertz CT molecular complexity index is 1130. The molecule has 2 aromatic carbocycles. The summed E-state index contributed by atoms with van der Waals surface area (Å²) in [7, 11) is 0. The number of pyridine rings is 1. The van der Waals surface area contributed by atoms with Crippen LogP contribution in [0.5, 0.6) is 0 Å². The number of fused-ring (bicyclic) bond motifs is 2. The van der Waals surface area contributed by atoms with Crippen molar-refractivity contribution in [2.75, 3.05) is 0 Å². The zero-order valence-corrected chi connectivity index (χ0v) is 14.5. The van der Waals surface area contributed by atoms with Crippen molar-refractivity contribution in [2.24, 2.45) is 4.99 Å². The fraction of sp³-hybridized carbons (Fsp3) is 0.136. The predicted octanol–water partition coefficient (Wildman–Crippen LogP) is 4.59. The summed E-state index contributed by atoms with van der Waals surface area (Å²) in [6.45, 7) is 2.92. The Morgan fingerprint density at radius 3 is 2.58 bits per heavy atom. The highest BCUT2D eigenvalue weighted by atomic mass is 15.3. The number of nitrogens with zero attached hydrogens (tertiary/aromatic N) is 4. The summed E-state index contributed by atoms with van der Waals surface area (Å²) in [5.41, 5.74) is 5.43. The van der Waals surface area contributed by atoms with Crippen LogP contribution in [0.4, 0.5) is 0 Å². The van der Waals surface area contributed by atoms with E-state index in [1.54, 1.807) is 0 Å². The van der Waals surface area contributed by atoms with E-state index >= 15 is 0 Å². The molecule has 1 atom stereocenters. The first-order valence-corrected chi connectivity index (χ1v) is 8.83. The molecule has 1 aliphatic heterocycles. The lowest BCUT2D eigenvalue weighted by Crippen LogP contribution is -2.19. The second-order valence-electron chi connectivity index (χ2n) is 6.72. The van der Waals surface area contributed by atoms with Crippen LogP contribution in [0.15, 0.2) is 72.0 Å². The molecule has 0 saturated carbocycles. The summed E-state index contributed by atoms with van der Waals surface area (Å²) in [6.07, 6.45) is 5.61. The van der Waals surface area contributed by atoms with Gasteiger partial charge in [-0.1, -0.05) is 36.4 Å². The maximum absolute atomic E-state index is 4.96. The van der Waals surface area contributed by atoms with Gasteiger partial charge in [0.1, 0.15) is 5.69 Å². The molecule has 4 heteroatoms. The molecule has 0 aliphatic carbocycles. The first kappa shape index (κ1) is 15.0. The fourth-order valence-corrected chi connectivity index (χ4v) is 3.58. The van der Waals surface area contributed by atoms with E-state index in [4.69, 9.17) is 5.10 Å². The third kappa shape index (κ3) is 2.42. The second kappa shape index (κ2) is 5.92. The molecule has 0 bridgehead atoms. The maximum Gasteiger partial charge on any atom is 0.101 e. The van der Waals surface area contributed by atoms with Crippen LogP contribution < -0.4 is 0 Å². The van der Waals surface area contributed by atoms with Crippen LogP contribution in [0.1, 0.15) is 12.6 Å². The van der Waals surface area contributed by atoms with Crippen LogP contribution in [0.2, 0.25) is 0 Å². The minimum atomic E-state index is 0.247. The summed E-state index contributed by atoms with van der Waals surface area (Å²) in [5.74, 6) is 0. The SMILES string of the molecule is C[C@@H]1Cn2nc(-c3ccc4ccccc4c3)c(-c3ccncc3)c2C=N1. The summed E-state index contributed by atoms with van der Waals surface area (Å²) in [6, 6.07) is 19.3. The highest BCUT2D eigenvalue weighted by molar-refractivity contribution is 5.97. The topological polar surface area (TPSA) is 43.1 Å². The lowest BCUT2D eigenvalue weighted by Gasteiger charge is -2.14. The van der Waals surface area contributed by atoms with Crippen LogP contribution >= 0.6 is 0 Å². The van der Waals surface area contributed by atoms with Gasteiger partial charge in [-0.2, -0.15) is 5.10 Å². The van der Waals surface area contributed by atoms with E-state index in [9.17, 15) is 0 Å². The van der Waals surface area contributed by atoms with Crippen LogP contribution in [-0.2, 0) is 6.54 Å². The fourth-order valence-electron chi connectivity index (χ4n) is 3.58. The van der Waals surface area contributed by atoms with Gasteiger partial charge in [0.05, 0.1) is 18.3 Å². The highest BCUT2D eigenvalue weighted by Gasteiger charge is 2.23. The van der Waals surface area contributed by atoms with E-state index in [2.05, 4.69) is 64.0 Å². The smallest absolute Gasteiger partial charge is 0.101 e. The van der Waals surface area contributed by atoms with Gasteiger partial charge in [-0.25, -0.2) is 0 Å². The van der Waals surface area contributed by atoms with E-state index in [0.717, 1.165) is 34.6 Å². The zero-order valence-electron chi connectivity index (χ0n) is 14.5. The lowest BCUT2D eigenvalue weighted by molar-refractivity contribution is 0.527. The maximum atomic E-state index is 4.96. The second-order valence-corrected chi connectivity index (χ2v) is 6.72. The molecular formula is C22H18N4. The molecular weight excluding hydrogens is 320 g/mol. The van der Waals surface area contributed by atoms with Crippen molar-refractivity contribution in [1.82, 2.24) is 14.8 Å². The van der Waals surface area contributed by atoms with Gasteiger partial charge in [0.15, 0.2) is 0 Å². The van der Waals surface area contributed by atoms with Crippen molar-refractivity contribution < 1.29 is 0 Å². The summed E-state index contributed by atoms with van der Waals surface area (Å²) < 4.78 is 2.08. The van der Waals surface area contributed by atoms with Gasteiger partial charge in [-0.05, 0) is 41.5 Å². The number of benzene rings is 2. The number of rotatable bonds is 2. The molecule has 2 aromatic heterocycles. The van der Waals surface area contributed by atoms with Gasteiger partial charge in [0.2, 0.25) is 0 Å². The van der Waals surface area contributed by atoms with Crippen LogP contribution in [0.3, 0.4) is 0 Å². The Labute approximate surface area is 151 Å². The van der Waals surface area contributed by atoms with E-state index in [1.807, 2.05) is 30.7 Å². The Kier molecular flexibility index (Phi) is 3.42. The molecule has 5 rings (SSSR count). The molecule has 0 N–H and O–H groups in total. The van der Waals surface area contributed by atoms with Crippen molar-refractivity contribution in [3.63, 3.8) is 0 Å². The highest BCUT2D eigenvalue weighted by Crippen LogP contribution is 2.36. The molecule has 4 nitrogen and oxygen atoms in total. The molecule has 126 valence electrons. The first-order chi connectivity index (χ1) is 12.8. The van der Waals surface area contributed by atoms with Gasteiger partial charge in [-0.3, -0.25) is 14.7 Å². The summed E-state index contributed by atoms with van der Waals surface area (Å²) >= 11 is 0. The van der Waals surface area contributed by atoms with Gasteiger partial charge in [-0.15, -0.1) is 0 Å². The zero-order chi connectivity index (χ0) is 17.5. The van der Waals surface area contributed by atoms with Crippen LogP contribution in [0.25, 0.3) is 33.2 Å². The lowest BCUT2D eigenvalue weighted by atomic mass is 9.98. The molecule has 0 fully saturated rings. The van der Waals surface area contributed by atoms with Gasteiger partial charge in [0.25, 0.3) is 0 Å². The van der Waals surface area contributed by atoms with E-state index in [-0.39, 0.29) is 6.04 Å². The molecule has 0 radical (unpaired) electrons. The number of hydrogen-bond donors (Lipinski definition) is 0. The molecule has 0 spiro atoms. The molecule has 26 heavy (non-hydrogen) atoms. The minimum Gasteiger partial charge on any atom is -0.286 e. The quantitative estimate of drug-likeness (QED) is 0.537. The molecule has 1 aliphatic rings. The Hall–Kier alpha value is -3.27. The Balaban J connectivity index is 1.77. The predicted molar refractivity (Wildman–Crippen MR) is 105 cm³/mol. The Morgan fingerprint density at radius 2 is 1.73 bits per heavy atom. The molecule has 0 saturated heterocycles. The van der Waals surface area contributed by atoms with Gasteiger partial charge in [0, 0.05) is 29.7 Å². The average Bonchev–Trinajstić information content (AvgIpc) is 3.06. The van der Waals surface area contributed by atoms with Crippen molar-refractivity contribution in [2.45, 2.75) is 19.5 Å². The summed E-state index contributed by atoms with van der Waals surface area (Å²) in [4.78, 5) is 8.77. The van der Waals surface area contributed by atoms with Crippen LogP contribution in [0, 0.1) is 0 Å². The van der Waals surface area contributed by atoms with Crippen molar-refractivity contribution in [3.8, 4) is 22.4 Å². The van der Waals surface area contributed by atoms with E-state index in [0.29, 0.717) is 0 Å². The minimum absolute atomic E-state index is 0.247. The third-order valence-electron chi connectivity index (χ3n) is 4.87. The largest absolute Gasteiger partial charge is 0.286 e. The molecule has 0 unspecified atom stereocenters. The Morgan fingerprint density at radius 1 is 0.923 bits per heavy atom. The third-order valence-corrected chi connectivity index (χ3v) is 4.87. The van der Waals surface area contributed by atoms with Crippen molar-refractivity contribution in [1.29, 1.82) is 0 Å². The first-order valence-electron chi connectivity index (χ1n) is 8.83. The monoisotopic (exact) mass is 338 g/mol. The number of aromatic nitrogens is 3. The molecule has 0 amide bonds. The number of aliphatic imine (C=N–C) groups is 1. The number of hydrogen-bond acceptors (Lipinski definition) is 3. The average molecular weight is 338 g/mol. The van der Waals surface area contributed by atoms with Crippen molar-refractivity contribution in [3.05, 3.63) is 72.7 Å². The van der Waals surface area contributed by atoms with Gasteiger partial charge >= 0.3 is 0 Å². The van der Waals surface area contributed by atoms with E-state index < -0.39 is 0 Å². The molecule has 3 heterocycles. The summed E-state index contributed by atoms with van der Waals surface area (Å²) in [5, 5.41) is 7.42. The molecule has 4 aromatic rings. The standard InChI is InChI=1S/C22H18N4/c1-15-14-26-20(13-24-15)21(17-8-10-23-11-9-17)22(25-26)19-7-6-16-4-2-3-5-18(16)12-19/h2-13,15H,14H2,1H3/t15-/m1/s1. The van der Waals surface area contributed by atoms with E-state index in [1.165, 1.54) is 10.8 Å². The normalized spacial score (nSPS) is 16.0. The van der Waals surface area contributed by atoms with Crippen molar-refractivity contribution >= 4 is 17.0 Å².